The van der Waals surface area contributed by atoms with E-state index in [9.17, 15) is 29.7 Å². The van der Waals surface area contributed by atoms with Crippen molar-refractivity contribution in [3.05, 3.63) is 12.3 Å². The molecule has 3 rings (SSSR count). The van der Waals surface area contributed by atoms with E-state index in [1.165, 1.54) is 40.4 Å². The molecule has 3 aliphatic heterocycles. The number of aliphatic hydroxyl groups excluding tert-OH is 2. The minimum atomic E-state index is -1.98. The predicted molar refractivity (Wildman–Crippen MR) is 210 cm³/mol. The van der Waals surface area contributed by atoms with Crippen molar-refractivity contribution in [3.8, 4) is 0 Å². The van der Waals surface area contributed by atoms with E-state index in [1.807, 2.05) is 39.8 Å². The molecule has 3 N–H and O–H groups in total. The summed E-state index contributed by atoms with van der Waals surface area (Å²) in [6, 6.07) is -0.212. The van der Waals surface area contributed by atoms with Gasteiger partial charge in [0.15, 0.2) is 24.5 Å². The number of likely N-dealkylation sites (N-methyl/N-ethyl adjacent to an activating group) is 1. The maximum atomic E-state index is 14.3. The van der Waals surface area contributed by atoms with Gasteiger partial charge < -0.3 is 58.1 Å². The molecule has 0 saturated carbocycles. The Morgan fingerprint density at radius 1 is 0.895 bits per heavy atom. The molecule has 15 nitrogen and oxygen atoms in total. The summed E-state index contributed by atoms with van der Waals surface area (Å²) in [6.07, 6.45) is -5.84. The number of hydrogen-bond donors (Lipinski definition) is 3. The molecule has 0 aliphatic carbocycles. The van der Waals surface area contributed by atoms with Crippen LogP contribution in [-0.4, -0.2) is 150 Å². The first-order valence-corrected chi connectivity index (χ1v) is 20.4. The zero-order valence-corrected chi connectivity index (χ0v) is 36.9. The number of carbonyl (C=O) groups excluding carboxylic acids is 3. The monoisotopic (exact) mass is 816 g/mol. The second-order valence-electron chi connectivity index (χ2n) is 17.7. The molecule has 0 unspecified atom stereocenters. The van der Waals surface area contributed by atoms with Gasteiger partial charge in [-0.3, -0.25) is 14.4 Å². The number of hydrogen-bond acceptors (Lipinski definition) is 15. The van der Waals surface area contributed by atoms with Gasteiger partial charge in [-0.25, -0.2) is 0 Å². The molecule has 15 heteroatoms. The summed E-state index contributed by atoms with van der Waals surface area (Å²) in [6.45, 7) is 18.5. The highest BCUT2D eigenvalue weighted by Crippen LogP contribution is 2.42. The van der Waals surface area contributed by atoms with Gasteiger partial charge in [-0.2, -0.15) is 0 Å². The lowest BCUT2D eigenvalue weighted by atomic mass is 9.74. The fourth-order valence-electron chi connectivity index (χ4n) is 8.94. The van der Waals surface area contributed by atoms with Crippen LogP contribution in [0.1, 0.15) is 102 Å². The Morgan fingerprint density at radius 2 is 1.51 bits per heavy atom. The van der Waals surface area contributed by atoms with Gasteiger partial charge in [0.25, 0.3) is 0 Å². The Bertz CT molecular complexity index is 1380. The van der Waals surface area contributed by atoms with E-state index >= 15 is 0 Å². The van der Waals surface area contributed by atoms with Crippen LogP contribution in [0.25, 0.3) is 0 Å². The number of rotatable bonds is 11. The molecule has 0 amide bonds. The topological polar surface area (TPSA) is 189 Å². The second-order valence-corrected chi connectivity index (χ2v) is 17.7. The number of ketones is 2. The Hall–Kier alpha value is -2.05. The first-order valence-electron chi connectivity index (χ1n) is 20.4. The highest BCUT2D eigenvalue weighted by atomic mass is 16.7. The van der Waals surface area contributed by atoms with Crippen molar-refractivity contribution in [2.45, 2.75) is 186 Å². The highest BCUT2D eigenvalue weighted by Gasteiger charge is 2.54. The van der Waals surface area contributed by atoms with Crippen LogP contribution < -0.4 is 0 Å². The zero-order chi connectivity index (χ0) is 43.4. The van der Waals surface area contributed by atoms with Crippen LogP contribution in [0.4, 0.5) is 0 Å². The van der Waals surface area contributed by atoms with Gasteiger partial charge in [-0.05, 0) is 81.8 Å². The molecule has 0 aromatic rings. The molecule has 57 heavy (non-hydrogen) atoms. The Morgan fingerprint density at radius 3 is 2.05 bits per heavy atom. The molecular formula is C42H73NO14. The van der Waals surface area contributed by atoms with Gasteiger partial charge in [0.05, 0.1) is 59.9 Å². The van der Waals surface area contributed by atoms with Gasteiger partial charge in [-0.15, -0.1) is 0 Å². The third kappa shape index (κ3) is 11.2. The molecule has 0 radical (unpaired) electrons. The number of methoxy groups -OCH3 is 2. The maximum absolute atomic E-state index is 14.3. The Labute approximate surface area is 340 Å². The molecular weight excluding hydrogens is 742 g/mol. The van der Waals surface area contributed by atoms with Gasteiger partial charge in [0.1, 0.15) is 23.6 Å². The third-order valence-electron chi connectivity index (χ3n) is 12.8. The third-order valence-corrected chi connectivity index (χ3v) is 12.8. The van der Waals surface area contributed by atoms with Gasteiger partial charge in [0, 0.05) is 44.5 Å². The molecule has 3 fully saturated rings. The second kappa shape index (κ2) is 20.0. The largest absolute Gasteiger partial charge is 0.491 e. The molecule has 3 aliphatic rings. The summed E-state index contributed by atoms with van der Waals surface area (Å²) < 4.78 is 50.9. The van der Waals surface area contributed by atoms with Crippen LogP contribution >= 0.6 is 0 Å². The van der Waals surface area contributed by atoms with E-state index in [0.29, 0.717) is 6.42 Å². The lowest BCUT2D eigenvalue weighted by Crippen LogP contribution is -2.61. The number of ether oxygens (including phenoxy) is 8. The van der Waals surface area contributed by atoms with Crippen molar-refractivity contribution in [3.63, 3.8) is 0 Å². The van der Waals surface area contributed by atoms with Crippen molar-refractivity contribution in [1.29, 1.82) is 0 Å². The van der Waals surface area contributed by atoms with Crippen LogP contribution in [0.3, 0.4) is 0 Å². The van der Waals surface area contributed by atoms with E-state index in [-0.39, 0.29) is 43.0 Å². The number of cyclic esters (lactones) is 1. The molecule has 330 valence electrons. The van der Waals surface area contributed by atoms with E-state index < -0.39 is 102 Å². The quantitative estimate of drug-likeness (QED) is 0.156. The number of carbonyl (C=O) groups is 3. The normalized spacial score (nSPS) is 45.8. The zero-order valence-electron chi connectivity index (χ0n) is 36.9. The molecule has 0 bridgehead atoms. The van der Waals surface area contributed by atoms with E-state index in [4.69, 9.17) is 37.9 Å². The predicted octanol–water partition coefficient (Wildman–Crippen LogP) is 3.57. The molecule has 0 aromatic heterocycles. The first kappa shape index (κ1) is 49.3. The number of Topliss-reactive ketones (excluding diaryl/α,β-unsaturated/α-hetero) is 1. The van der Waals surface area contributed by atoms with Crippen LogP contribution in [-0.2, 0) is 52.3 Å². The minimum Gasteiger partial charge on any atom is -0.491 e. The average Bonchev–Trinajstić information content (AvgIpc) is 3.15. The number of allylic oxidation sites excluding steroid dienone is 1. The molecule has 3 heterocycles. The summed E-state index contributed by atoms with van der Waals surface area (Å²) in [4.78, 5) is 42.4. The minimum absolute atomic E-state index is 0.0966. The van der Waals surface area contributed by atoms with Crippen molar-refractivity contribution in [2.75, 3.05) is 28.3 Å². The smallest absolute Gasteiger partial charge is 0.311 e. The number of nitrogens with zero attached hydrogens (tertiary/aromatic N) is 1. The van der Waals surface area contributed by atoms with Crippen molar-refractivity contribution in [2.24, 2.45) is 23.7 Å². The van der Waals surface area contributed by atoms with E-state index in [0.717, 1.165) is 0 Å². The van der Waals surface area contributed by atoms with Crippen molar-refractivity contribution >= 4 is 17.5 Å². The summed E-state index contributed by atoms with van der Waals surface area (Å²) in [5.41, 5.74) is -4.31. The fourth-order valence-corrected chi connectivity index (χ4v) is 8.94. The number of esters is 1. The average molecular weight is 816 g/mol. The summed E-state index contributed by atoms with van der Waals surface area (Å²) in [5.74, 6) is -4.77. The van der Waals surface area contributed by atoms with Crippen LogP contribution in [0.15, 0.2) is 12.3 Å². The van der Waals surface area contributed by atoms with Crippen molar-refractivity contribution < 1.29 is 67.6 Å². The van der Waals surface area contributed by atoms with Crippen LogP contribution in [0.5, 0.6) is 0 Å². The molecule has 0 spiro atoms. The summed E-state index contributed by atoms with van der Waals surface area (Å²) in [7, 11) is 6.86. The lowest BCUT2D eigenvalue weighted by molar-refractivity contribution is -0.319. The maximum Gasteiger partial charge on any atom is 0.311 e. The number of aliphatic hydroxyl groups is 3. The summed E-state index contributed by atoms with van der Waals surface area (Å²) >= 11 is 0. The summed E-state index contributed by atoms with van der Waals surface area (Å²) in [5, 5.41) is 34.2. The molecule has 0 aromatic carbocycles. The highest BCUT2D eigenvalue weighted by molar-refractivity contribution is 5.86. The van der Waals surface area contributed by atoms with Gasteiger partial charge >= 0.3 is 5.97 Å². The van der Waals surface area contributed by atoms with Crippen molar-refractivity contribution in [1.82, 2.24) is 4.90 Å². The molecule has 3 saturated heterocycles. The van der Waals surface area contributed by atoms with Gasteiger partial charge in [-0.1, -0.05) is 27.7 Å². The van der Waals surface area contributed by atoms with Crippen LogP contribution in [0.2, 0.25) is 0 Å². The molecule has 18 atom stereocenters. The Balaban J connectivity index is 2.28. The van der Waals surface area contributed by atoms with E-state index in [2.05, 4.69) is 0 Å². The SMILES string of the molecule is CC[C@H]1OC(=O)[C@H](C)[C@@H](O[C@H]2C[C@@](C)(OC)[C@@H](O)[C@H](C)O2)[C@H](C)[C@@H](O[C@@H]2O[C@H](C)C[C@H](N(C)C)[C@H]2OC=CC(C)=O)[C@@](C)(OC)C[C@@H](C)C(=O)[C@H](C)[C@@H](O)[C@]1(C)O. The fraction of sp³-hybridized carbons (Fsp3) is 0.881. The first-order chi connectivity index (χ1) is 26.4. The lowest BCUT2D eigenvalue weighted by Gasteiger charge is -2.50. The standard InChI is InChI=1S/C42H73NO14/c1-16-30-42(11,49)35(46)25(5)32(45)22(2)20-41(10,51-15)37(57-39-34(52-18-17-23(3)44)29(43(12)13)19-24(4)53-39)26(6)33(27(7)38(48)55-30)56-31-21-40(9,50-14)36(47)28(8)54-31/h17-18,22,24-31,33-37,39,46-47,49H,16,19-21H2,1-15H3/t22-,24-,25+,26+,27-,28+,29+,30-,31+,33+,34-,35-,36+,37-,39+,40-,41+,42-/m1/s1. The van der Waals surface area contributed by atoms with Crippen LogP contribution in [0, 0.1) is 23.7 Å². The Kier molecular flexibility index (Phi) is 17.3. The van der Waals surface area contributed by atoms with E-state index in [1.54, 1.807) is 41.5 Å². The van der Waals surface area contributed by atoms with Gasteiger partial charge in [0.2, 0.25) is 0 Å².